The van der Waals surface area contributed by atoms with Gasteiger partial charge in [0.05, 0.1) is 11.4 Å². The van der Waals surface area contributed by atoms with Gasteiger partial charge in [-0.15, -0.1) is 0 Å². The Morgan fingerprint density at radius 3 is 2.25 bits per heavy atom. The summed E-state index contributed by atoms with van der Waals surface area (Å²) in [6, 6.07) is 23.4. The van der Waals surface area contributed by atoms with E-state index in [9.17, 15) is 4.79 Å². The predicted molar refractivity (Wildman–Crippen MR) is 115 cm³/mol. The van der Waals surface area contributed by atoms with E-state index < -0.39 is 0 Å². The zero-order valence-electron chi connectivity index (χ0n) is 15.6. The third-order valence-corrected chi connectivity index (χ3v) is 4.96. The summed E-state index contributed by atoms with van der Waals surface area (Å²) in [7, 11) is 0. The van der Waals surface area contributed by atoms with Crippen LogP contribution in [0.25, 0.3) is 6.08 Å². The minimum absolute atomic E-state index is 0.164. The normalized spacial score (nSPS) is 13.6. The molecule has 0 aliphatic carbocycles. The van der Waals surface area contributed by atoms with Gasteiger partial charge in [-0.1, -0.05) is 60.7 Å². The minimum Gasteiger partial charge on any atom is -0.397 e. The molecule has 140 valence electrons. The highest BCUT2D eigenvalue weighted by molar-refractivity contribution is 6.05. The van der Waals surface area contributed by atoms with Crippen LogP contribution in [-0.2, 0) is 13.1 Å². The van der Waals surface area contributed by atoms with Crippen molar-refractivity contribution >= 4 is 23.4 Å². The lowest BCUT2D eigenvalue weighted by Crippen LogP contribution is -2.15. The molecule has 4 rings (SSSR count). The van der Waals surface area contributed by atoms with Crippen LogP contribution in [0.1, 0.15) is 27.0 Å². The van der Waals surface area contributed by atoms with Crippen molar-refractivity contribution < 1.29 is 4.79 Å². The molecule has 0 bridgehead atoms. The van der Waals surface area contributed by atoms with E-state index in [2.05, 4.69) is 46.6 Å². The van der Waals surface area contributed by atoms with Gasteiger partial charge in [0, 0.05) is 25.2 Å². The smallest absolute Gasteiger partial charge is 0.255 e. The summed E-state index contributed by atoms with van der Waals surface area (Å²) in [6.45, 7) is 2.91. The number of para-hydroxylation sites is 2. The molecule has 1 amide bonds. The molecule has 0 aromatic heterocycles. The molecule has 0 radical (unpaired) electrons. The van der Waals surface area contributed by atoms with Crippen molar-refractivity contribution in [1.29, 1.82) is 0 Å². The standard InChI is InChI=1S/C24H23N3O/c25-22-9-3-4-10-23(22)26-24(28)19-13-11-18(12-14-19)6-5-15-27-16-20-7-1-2-8-21(20)17-27/h1-14H,15-17,25H2,(H,26,28)/b6-5+. The summed E-state index contributed by atoms with van der Waals surface area (Å²) in [6.07, 6.45) is 4.27. The van der Waals surface area contributed by atoms with E-state index in [0.29, 0.717) is 16.9 Å². The lowest BCUT2D eigenvalue weighted by molar-refractivity contribution is 0.102. The Bertz CT molecular complexity index is 983. The van der Waals surface area contributed by atoms with Gasteiger partial charge in [-0.3, -0.25) is 9.69 Å². The summed E-state index contributed by atoms with van der Waals surface area (Å²) >= 11 is 0. The number of nitrogens with one attached hydrogen (secondary N) is 1. The van der Waals surface area contributed by atoms with Gasteiger partial charge in [-0.25, -0.2) is 0 Å². The second-order valence-electron chi connectivity index (χ2n) is 7.00. The first-order valence-corrected chi connectivity index (χ1v) is 9.40. The van der Waals surface area contributed by atoms with Gasteiger partial charge in [-0.2, -0.15) is 0 Å². The van der Waals surface area contributed by atoms with Gasteiger partial charge in [0.2, 0.25) is 0 Å². The molecule has 0 unspecified atom stereocenters. The average molecular weight is 369 g/mol. The number of nitrogen functional groups attached to an aromatic ring is 1. The SMILES string of the molecule is Nc1ccccc1NC(=O)c1ccc(/C=C/CN2Cc3ccccc3C2)cc1. The summed E-state index contributed by atoms with van der Waals surface area (Å²) in [5.74, 6) is -0.164. The maximum atomic E-state index is 12.4. The molecule has 1 aliphatic heterocycles. The molecule has 4 heteroatoms. The van der Waals surface area contributed by atoms with Crippen molar-refractivity contribution in [2.75, 3.05) is 17.6 Å². The number of fused-ring (bicyclic) bond motifs is 1. The molecule has 1 heterocycles. The fraction of sp³-hybridized carbons (Fsp3) is 0.125. The Hall–Kier alpha value is -3.37. The van der Waals surface area contributed by atoms with Crippen molar-refractivity contribution in [2.45, 2.75) is 13.1 Å². The number of carbonyl (C=O) groups excluding carboxylic acids is 1. The van der Waals surface area contributed by atoms with Gasteiger partial charge in [0.25, 0.3) is 5.91 Å². The number of benzene rings is 3. The van der Waals surface area contributed by atoms with Crippen molar-refractivity contribution in [3.05, 3.63) is 101 Å². The molecule has 0 saturated heterocycles. The molecule has 4 nitrogen and oxygen atoms in total. The maximum Gasteiger partial charge on any atom is 0.255 e. The third kappa shape index (κ3) is 4.13. The lowest BCUT2D eigenvalue weighted by atomic mass is 10.1. The van der Waals surface area contributed by atoms with Gasteiger partial charge in [-0.05, 0) is 41.0 Å². The lowest BCUT2D eigenvalue weighted by Gasteiger charge is -2.11. The fourth-order valence-corrected chi connectivity index (χ4v) is 3.42. The second kappa shape index (κ2) is 8.11. The summed E-state index contributed by atoms with van der Waals surface area (Å²) in [5.41, 5.74) is 11.6. The Balaban J connectivity index is 1.33. The highest BCUT2D eigenvalue weighted by atomic mass is 16.1. The Kier molecular flexibility index (Phi) is 5.22. The van der Waals surface area contributed by atoms with E-state index in [-0.39, 0.29) is 5.91 Å². The average Bonchev–Trinajstić information content (AvgIpc) is 3.13. The molecule has 3 N–H and O–H groups in total. The number of hydrogen-bond donors (Lipinski definition) is 2. The monoisotopic (exact) mass is 369 g/mol. The van der Waals surface area contributed by atoms with Gasteiger partial charge < -0.3 is 11.1 Å². The first-order valence-electron chi connectivity index (χ1n) is 9.40. The van der Waals surface area contributed by atoms with Crippen LogP contribution in [0.15, 0.2) is 78.9 Å². The highest BCUT2D eigenvalue weighted by Crippen LogP contribution is 2.22. The number of hydrogen-bond acceptors (Lipinski definition) is 3. The van der Waals surface area contributed by atoms with E-state index in [0.717, 1.165) is 25.2 Å². The quantitative estimate of drug-likeness (QED) is 0.649. The summed E-state index contributed by atoms with van der Waals surface area (Å²) in [4.78, 5) is 14.8. The van der Waals surface area contributed by atoms with Gasteiger partial charge >= 0.3 is 0 Å². The molecule has 28 heavy (non-hydrogen) atoms. The van der Waals surface area contributed by atoms with Crippen LogP contribution in [0.4, 0.5) is 11.4 Å². The highest BCUT2D eigenvalue weighted by Gasteiger charge is 2.16. The zero-order valence-corrected chi connectivity index (χ0v) is 15.6. The van der Waals surface area contributed by atoms with E-state index in [4.69, 9.17) is 5.73 Å². The number of carbonyl (C=O) groups is 1. The summed E-state index contributed by atoms with van der Waals surface area (Å²) < 4.78 is 0. The summed E-state index contributed by atoms with van der Waals surface area (Å²) in [5, 5.41) is 2.85. The largest absolute Gasteiger partial charge is 0.397 e. The Labute approximate surface area is 165 Å². The number of nitrogens with two attached hydrogens (primary N) is 1. The number of anilines is 2. The van der Waals surface area contributed by atoms with Crippen molar-refractivity contribution in [3.8, 4) is 0 Å². The third-order valence-electron chi connectivity index (χ3n) is 4.96. The van der Waals surface area contributed by atoms with E-state index in [1.165, 1.54) is 11.1 Å². The zero-order chi connectivity index (χ0) is 19.3. The first-order chi connectivity index (χ1) is 13.7. The van der Waals surface area contributed by atoms with Crippen LogP contribution in [0.2, 0.25) is 0 Å². The van der Waals surface area contributed by atoms with E-state index >= 15 is 0 Å². The maximum absolute atomic E-state index is 12.4. The van der Waals surface area contributed by atoms with Gasteiger partial charge in [0.1, 0.15) is 0 Å². The van der Waals surface area contributed by atoms with E-state index in [1.807, 2.05) is 36.4 Å². The molecule has 3 aromatic carbocycles. The Morgan fingerprint density at radius 2 is 1.57 bits per heavy atom. The van der Waals surface area contributed by atoms with Crippen molar-refractivity contribution in [2.24, 2.45) is 0 Å². The van der Waals surface area contributed by atoms with Crippen molar-refractivity contribution in [3.63, 3.8) is 0 Å². The minimum atomic E-state index is -0.164. The fourth-order valence-electron chi connectivity index (χ4n) is 3.42. The molecule has 3 aromatic rings. The predicted octanol–water partition coefficient (Wildman–Crippen LogP) is 4.55. The molecular weight excluding hydrogens is 346 g/mol. The van der Waals surface area contributed by atoms with Crippen molar-refractivity contribution in [1.82, 2.24) is 4.90 Å². The molecule has 0 fully saturated rings. The topological polar surface area (TPSA) is 58.4 Å². The second-order valence-corrected chi connectivity index (χ2v) is 7.00. The number of rotatable bonds is 5. The molecular formula is C24H23N3O. The first kappa shape index (κ1) is 18.0. The molecule has 0 atom stereocenters. The number of nitrogens with zero attached hydrogens (tertiary/aromatic N) is 1. The number of amides is 1. The van der Waals surface area contributed by atoms with Crippen LogP contribution >= 0.6 is 0 Å². The molecule has 0 saturated carbocycles. The van der Waals surface area contributed by atoms with Crippen LogP contribution in [0, 0.1) is 0 Å². The van der Waals surface area contributed by atoms with E-state index in [1.54, 1.807) is 12.1 Å². The van der Waals surface area contributed by atoms with Crippen LogP contribution in [0.5, 0.6) is 0 Å². The van der Waals surface area contributed by atoms with Crippen LogP contribution in [0.3, 0.4) is 0 Å². The molecule has 0 spiro atoms. The van der Waals surface area contributed by atoms with Gasteiger partial charge in [0.15, 0.2) is 0 Å². The molecule has 1 aliphatic rings. The van der Waals surface area contributed by atoms with Crippen LogP contribution < -0.4 is 11.1 Å². The van der Waals surface area contributed by atoms with Crippen LogP contribution in [-0.4, -0.2) is 17.4 Å². The Morgan fingerprint density at radius 1 is 0.929 bits per heavy atom.